The van der Waals surface area contributed by atoms with Gasteiger partial charge in [-0.3, -0.25) is 4.79 Å². The monoisotopic (exact) mass is 299 g/mol. The van der Waals surface area contributed by atoms with E-state index in [2.05, 4.69) is 5.32 Å². The minimum atomic E-state index is -1.01. The second-order valence-electron chi connectivity index (χ2n) is 4.40. The first-order chi connectivity index (χ1) is 10.1. The van der Waals surface area contributed by atoms with Crippen LogP contribution in [0.25, 0.3) is 0 Å². The molecule has 4 nitrogen and oxygen atoms in total. The highest BCUT2D eigenvalue weighted by Gasteiger charge is 2.09. The predicted molar refractivity (Wildman–Crippen MR) is 85.0 cm³/mol. The number of carbonyl (C=O) groups is 2. The normalized spacial score (nSPS) is 9.90. The molecule has 0 saturated heterocycles. The molecular weight excluding hydrogens is 286 g/mol. The molecule has 0 aliphatic heterocycles. The number of carboxylic acids is 1. The van der Waals surface area contributed by atoms with Crippen LogP contribution in [-0.4, -0.2) is 21.8 Å². The van der Waals surface area contributed by atoms with Crippen LogP contribution in [0.15, 0.2) is 54.6 Å². The van der Waals surface area contributed by atoms with Crippen LogP contribution in [0.4, 0.5) is 5.69 Å². The zero-order valence-electron chi connectivity index (χ0n) is 11.1. The highest BCUT2D eigenvalue weighted by Crippen LogP contribution is 2.12. The van der Waals surface area contributed by atoms with E-state index in [1.807, 2.05) is 6.07 Å². The second-order valence-corrected chi connectivity index (χ2v) is 4.89. The second kappa shape index (κ2) is 6.76. The Morgan fingerprint density at radius 2 is 1.67 bits per heavy atom. The van der Waals surface area contributed by atoms with Crippen molar-refractivity contribution in [2.24, 2.45) is 0 Å². The summed E-state index contributed by atoms with van der Waals surface area (Å²) in [5.41, 5.74) is 1.32. The number of hydrogen-bond acceptors (Lipinski definition) is 3. The maximum atomic E-state index is 12.0. The third-order valence-corrected chi connectivity index (χ3v) is 3.06. The van der Waals surface area contributed by atoms with Gasteiger partial charge < -0.3 is 10.4 Å². The fraction of sp³-hybridized carbons (Fsp3) is 0.0625. The van der Waals surface area contributed by atoms with Gasteiger partial charge in [-0.2, -0.15) is 0 Å². The molecule has 0 atom stereocenters. The van der Waals surface area contributed by atoms with E-state index >= 15 is 0 Å². The minimum Gasteiger partial charge on any atom is -0.478 e. The van der Waals surface area contributed by atoms with E-state index in [0.29, 0.717) is 16.2 Å². The highest BCUT2D eigenvalue weighted by molar-refractivity contribution is 7.80. The first-order valence-corrected chi connectivity index (χ1v) is 6.68. The van der Waals surface area contributed by atoms with E-state index in [-0.39, 0.29) is 17.8 Å². The molecule has 0 spiro atoms. The van der Waals surface area contributed by atoms with E-state index < -0.39 is 5.97 Å². The SMILES string of the molecule is O=C(O)c1cccc(NC(=S)CC(=O)c2ccccc2)c1. The molecule has 2 aromatic carbocycles. The van der Waals surface area contributed by atoms with Gasteiger partial charge in [0.05, 0.1) is 17.0 Å². The molecule has 2 N–H and O–H groups in total. The van der Waals surface area contributed by atoms with Gasteiger partial charge in [0, 0.05) is 11.3 Å². The maximum absolute atomic E-state index is 12.0. The van der Waals surface area contributed by atoms with E-state index in [0.717, 1.165) is 0 Å². The predicted octanol–water partition coefficient (Wildman–Crippen LogP) is 3.40. The molecule has 2 aromatic rings. The molecule has 0 bridgehead atoms. The van der Waals surface area contributed by atoms with Gasteiger partial charge in [-0.25, -0.2) is 4.79 Å². The van der Waals surface area contributed by atoms with Gasteiger partial charge in [0.15, 0.2) is 5.78 Å². The van der Waals surface area contributed by atoms with Crippen molar-refractivity contribution in [1.29, 1.82) is 0 Å². The number of ketones is 1. The Bertz CT molecular complexity index is 683. The van der Waals surface area contributed by atoms with Crippen molar-refractivity contribution in [2.75, 3.05) is 5.32 Å². The van der Waals surface area contributed by atoms with Crippen LogP contribution in [0.1, 0.15) is 27.1 Å². The lowest BCUT2D eigenvalue weighted by molar-refractivity contribution is 0.0696. The molecule has 21 heavy (non-hydrogen) atoms. The lowest BCUT2D eigenvalue weighted by atomic mass is 10.1. The molecule has 106 valence electrons. The van der Waals surface area contributed by atoms with Gasteiger partial charge in [0.1, 0.15) is 0 Å². The van der Waals surface area contributed by atoms with Gasteiger partial charge in [0.2, 0.25) is 0 Å². The Balaban J connectivity index is 2.00. The summed E-state index contributed by atoms with van der Waals surface area (Å²) < 4.78 is 0. The summed E-state index contributed by atoms with van der Waals surface area (Å²) >= 11 is 5.14. The summed E-state index contributed by atoms with van der Waals surface area (Å²) in [4.78, 5) is 23.2. The Hall–Kier alpha value is -2.53. The molecule has 0 amide bonds. The highest BCUT2D eigenvalue weighted by atomic mass is 32.1. The van der Waals surface area contributed by atoms with E-state index in [1.165, 1.54) is 12.1 Å². The number of Topliss-reactive ketones (excluding diaryl/α,β-unsaturated/α-hetero) is 1. The van der Waals surface area contributed by atoms with Crippen LogP contribution >= 0.6 is 12.2 Å². The number of carboxylic acid groups (broad SMARTS) is 1. The number of anilines is 1. The number of carbonyl (C=O) groups excluding carboxylic acids is 1. The van der Waals surface area contributed by atoms with E-state index in [4.69, 9.17) is 17.3 Å². The fourth-order valence-electron chi connectivity index (χ4n) is 1.81. The largest absolute Gasteiger partial charge is 0.478 e. The molecule has 0 aliphatic carbocycles. The summed E-state index contributed by atoms with van der Waals surface area (Å²) in [5.74, 6) is -1.09. The smallest absolute Gasteiger partial charge is 0.335 e. The summed E-state index contributed by atoms with van der Waals surface area (Å²) in [6.45, 7) is 0. The molecule has 0 heterocycles. The first kappa shape index (κ1) is 14.9. The molecule has 0 aliphatic rings. The van der Waals surface area contributed by atoms with Crippen molar-refractivity contribution in [3.8, 4) is 0 Å². The van der Waals surface area contributed by atoms with Gasteiger partial charge in [-0.05, 0) is 18.2 Å². The van der Waals surface area contributed by atoms with Gasteiger partial charge in [0.25, 0.3) is 0 Å². The van der Waals surface area contributed by atoms with Crippen molar-refractivity contribution < 1.29 is 14.7 Å². The molecule has 0 aromatic heterocycles. The van der Waals surface area contributed by atoms with Crippen molar-refractivity contribution in [3.05, 3.63) is 65.7 Å². The standard InChI is InChI=1S/C16H13NO3S/c18-14(11-5-2-1-3-6-11)10-15(21)17-13-8-4-7-12(9-13)16(19)20/h1-9H,10H2,(H,17,21)(H,19,20). The summed E-state index contributed by atoms with van der Waals surface area (Å²) in [6.07, 6.45) is 0.0800. The Labute approximate surface area is 127 Å². The lowest BCUT2D eigenvalue weighted by Crippen LogP contribution is -2.15. The molecular formula is C16H13NO3S. The van der Waals surface area contributed by atoms with Crippen LogP contribution in [0.3, 0.4) is 0 Å². The van der Waals surface area contributed by atoms with Gasteiger partial charge in [-0.1, -0.05) is 48.6 Å². The summed E-state index contributed by atoms with van der Waals surface area (Å²) in [5, 5.41) is 11.8. The third-order valence-electron chi connectivity index (χ3n) is 2.81. The molecule has 0 radical (unpaired) electrons. The number of hydrogen-bond donors (Lipinski definition) is 2. The van der Waals surface area contributed by atoms with E-state index in [9.17, 15) is 9.59 Å². The number of aromatic carboxylic acids is 1. The number of nitrogens with one attached hydrogen (secondary N) is 1. The molecule has 5 heteroatoms. The van der Waals surface area contributed by atoms with Crippen LogP contribution in [0.2, 0.25) is 0 Å². The topological polar surface area (TPSA) is 66.4 Å². The molecule has 0 saturated carbocycles. The summed E-state index contributed by atoms with van der Waals surface area (Å²) in [6, 6.07) is 15.2. The number of rotatable bonds is 5. The zero-order valence-corrected chi connectivity index (χ0v) is 11.9. The quantitative estimate of drug-likeness (QED) is 0.654. The number of benzene rings is 2. The van der Waals surface area contributed by atoms with Crippen molar-refractivity contribution in [2.45, 2.75) is 6.42 Å². The zero-order chi connectivity index (χ0) is 15.2. The average molecular weight is 299 g/mol. The Kier molecular flexibility index (Phi) is 4.79. The first-order valence-electron chi connectivity index (χ1n) is 6.28. The lowest BCUT2D eigenvalue weighted by Gasteiger charge is -2.08. The van der Waals surface area contributed by atoms with Crippen molar-refractivity contribution in [1.82, 2.24) is 0 Å². The maximum Gasteiger partial charge on any atom is 0.335 e. The van der Waals surface area contributed by atoms with E-state index in [1.54, 1.807) is 36.4 Å². The van der Waals surface area contributed by atoms with Crippen LogP contribution in [0.5, 0.6) is 0 Å². The Morgan fingerprint density at radius 1 is 1.00 bits per heavy atom. The van der Waals surface area contributed by atoms with Crippen LogP contribution < -0.4 is 5.32 Å². The van der Waals surface area contributed by atoms with Gasteiger partial charge >= 0.3 is 5.97 Å². The van der Waals surface area contributed by atoms with Gasteiger partial charge in [-0.15, -0.1) is 0 Å². The van der Waals surface area contributed by atoms with Crippen LogP contribution in [-0.2, 0) is 0 Å². The Morgan fingerprint density at radius 3 is 2.33 bits per heavy atom. The molecule has 0 fully saturated rings. The third kappa shape index (κ3) is 4.22. The average Bonchev–Trinajstić information content (AvgIpc) is 2.48. The van der Waals surface area contributed by atoms with Crippen molar-refractivity contribution in [3.63, 3.8) is 0 Å². The number of thiocarbonyl (C=S) groups is 1. The molecule has 0 unspecified atom stereocenters. The van der Waals surface area contributed by atoms with Crippen LogP contribution in [0, 0.1) is 0 Å². The van der Waals surface area contributed by atoms with Crippen molar-refractivity contribution >= 4 is 34.6 Å². The summed E-state index contributed by atoms with van der Waals surface area (Å²) in [7, 11) is 0. The minimum absolute atomic E-state index is 0.0800. The fourth-order valence-corrected chi connectivity index (χ4v) is 2.06. The molecule has 2 rings (SSSR count).